The van der Waals surface area contributed by atoms with Gasteiger partial charge in [0.05, 0.1) is 0 Å². The van der Waals surface area contributed by atoms with E-state index in [1.165, 1.54) is 11.1 Å². The SMILES string of the molecule is CC(C)(CNc1nccnc1C#N)c1cccs1. The molecule has 4 nitrogen and oxygen atoms in total. The molecule has 0 aliphatic carbocycles. The minimum Gasteiger partial charge on any atom is -0.367 e. The Morgan fingerprint density at radius 1 is 1.39 bits per heavy atom. The standard InChI is InChI=1S/C13H14N4S/c1-13(2,11-4-3-7-18-11)9-17-12-10(8-14)15-5-6-16-12/h3-7H,9H2,1-2H3,(H,16,17). The quantitative estimate of drug-likeness (QED) is 0.916. The summed E-state index contributed by atoms with van der Waals surface area (Å²) in [5.41, 5.74) is 0.331. The second-order valence-corrected chi connectivity index (χ2v) is 5.53. The highest BCUT2D eigenvalue weighted by atomic mass is 32.1. The second-order valence-electron chi connectivity index (χ2n) is 4.58. The molecular weight excluding hydrogens is 244 g/mol. The Hall–Kier alpha value is -1.93. The van der Waals surface area contributed by atoms with E-state index in [0.29, 0.717) is 18.1 Å². The van der Waals surface area contributed by atoms with Crippen LogP contribution in [0.1, 0.15) is 24.4 Å². The number of rotatable bonds is 4. The van der Waals surface area contributed by atoms with Crippen LogP contribution >= 0.6 is 11.3 Å². The van der Waals surface area contributed by atoms with Gasteiger partial charge in [-0.25, -0.2) is 9.97 Å². The van der Waals surface area contributed by atoms with Gasteiger partial charge in [-0.2, -0.15) is 5.26 Å². The third-order valence-corrected chi connectivity index (χ3v) is 3.93. The van der Waals surface area contributed by atoms with Crippen molar-refractivity contribution in [3.05, 3.63) is 40.5 Å². The summed E-state index contributed by atoms with van der Waals surface area (Å²) in [6.45, 7) is 5.03. The molecule has 0 aliphatic rings. The predicted octanol–water partition coefficient (Wildman–Crippen LogP) is 2.80. The van der Waals surface area contributed by atoms with E-state index in [1.54, 1.807) is 17.5 Å². The lowest BCUT2D eigenvalue weighted by Gasteiger charge is -2.24. The molecule has 0 radical (unpaired) electrons. The third kappa shape index (κ3) is 2.66. The molecule has 0 saturated carbocycles. The van der Waals surface area contributed by atoms with E-state index < -0.39 is 0 Å². The van der Waals surface area contributed by atoms with Gasteiger partial charge in [0.15, 0.2) is 11.5 Å². The van der Waals surface area contributed by atoms with Gasteiger partial charge < -0.3 is 5.32 Å². The first-order valence-corrected chi connectivity index (χ1v) is 6.50. The first kappa shape index (κ1) is 12.5. The van der Waals surface area contributed by atoms with E-state index in [4.69, 9.17) is 5.26 Å². The van der Waals surface area contributed by atoms with Crippen LogP contribution < -0.4 is 5.32 Å². The molecule has 0 fully saturated rings. The molecule has 18 heavy (non-hydrogen) atoms. The summed E-state index contributed by atoms with van der Waals surface area (Å²) < 4.78 is 0. The first-order valence-electron chi connectivity index (χ1n) is 5.62. The molecule has 0 spiro atoms. The molecule has 2 heterocycles. The number of thiophene rings is 1. The molecule has 2 aromatic rings. The third-order valence-electron chi connectivity index (χ3n) is 2.69. The van der Waals surface area contributed by atoms with Crippen LogP contribution in [0.15, 0.2) is 29.9 Å². The Balaban J connectivity index is 2.10. The van der Waals surface area contributed by atoms with Crippen LogP contribution in [-0.2, 0) is 5.41 Å². The molecule has 0 amide bonds. The molecule has 0 saturated heterocycles. The largest absolute Gasteiger partial charge is 0.367 e. The van der Waals surface area contributed by atoms with Crippen LogP contribution in [0.4, 0.5) is 5.82 Å². The van der Waals surface area contributed by atoms with E-state index in [1.807, 2.05) is 12.1 Å². The average Bonchev–Trinajstić information content (AvgIpc) is 2.91. The van der Waals surface area contributed by atoms with Crippen LogP contribution in [0.3, 0.4) is 0 Å². The molecule has 2 rings (SSSR count). The van der Waals surface area contributed by atoms with Gasteiger partial charge in [0.2, 0.25) is 0 Å². The molecule has 0 bridgehead atoms. The lowest BCUT2D eigenvalue weighted by molar-refractivity contribution is 0.568. The topological polar surface area (TPSA) is 61.6 Å². The number of hydrogen-bond acceptors (Lipinski definition) is 5. The monoisotopic (exact) mass is 258 g/mol. The van der Waals surface area contributed by atoms with E-state index in [9.17, 15) is 0 Å². The van der Waals surface area contributed by atoms with Crippen molar-refractivity contribution in [2.75, 3.05) is 11.9 Å². The van der Waals surface area contributed by atoms with Gasteiger partial charge in [0.25, 0.3) is 0 Å². The fourth-order valence-corrected chi connectivity index (χ4v) is 2.46. The van der Waals surface area contributed by atoms with Crippen LogP contribution in [0.2, 0.25) is 0 Å². The smallest absolute Gasteiger partial charge is 0.182 e. The number of aromatic nitrogens is 2. The molecule has 0 unspecified atom stereocenters. The summed E-state index contributed by atoms with van der Waals surface area (Å²) in [5, 5.41) is 14.2. The van der Waals surface area contributed by atoms with Crippen LogP contribution in [0, 0.1) is 11.3 Å². The maximum Gasteiger partial charge on any atom is 0.182 e. The minimum absolute atomic E-state index is 0.00157. The Morgan fingerprint density at radius 3 is 2.83 bits per heavy atom. The summed E-state index contributed by atoms with van der Waals surface area (Å²) in [7, 11) is 0. The van der Waals surface area contributed by atoms with Crippen LogP contribution in [-0.4, -0.2) is 16.5 Å². The van der Waals surface area contributed by atoms with E-state index >= 15 is 0 Å². The lowest BCUT2D eigenvalue weighted by Crippen LogP contribution is -2.27. The lowest BCUT2D eigenvalue weighted by atomic mass is 9.91. The van der Waals surface area contributed by atoms with Gasteiger partial charge in [-0.15, -0.1) is 11.3 Å². The van der Waals surface area contributed by atoms with Crippen molar-refractivity contribution in [3.63, 3.8) is 0 Å². The summed E-state index contributed by atoms with van der Waals surface area (Å²) in [6, 6.07) is 6.20. The van der Waals surface area contributed by atoms with Crippen LogP contribution in [0.25, 0.3) is 0 Å². The van der Waals surface area contributed by atoms with Crippen molar-refractivity contribution >= 4 is 17.2 Å². The molecule has 92 valence electrons. The minimum atomic E-state index is -0.00157. The van der Waals surface area contributed by atoms with Crippen molar-refractivity contribution in [2.45, 2.75) is 19.3 Å². The highest BCUT2D eigenvalue weighted by molar-refractivity contribution is 7.10. The van der Waals surface area contributed by atoms with E-state index in [0.717, 1.165) is 0 Å². The fourth-order valence-electron chi connectivity index (χ4n) is 1.60. The van der Waals surface area contributed by atoms with Gasteiger partial charge in [-0.3, -0.25) is 0 Å². The fraction of sp³-hybridized carbons (Fsp3) is 0.308. The number of nitriles is 1. The Bertz CT molecular complexity index is 555. The number of nitrogens with zero attached hydrogens (tertiary/aromatic N) is 3. The van der Waals surface area contributed by atoms with Crippen molar-refractivity contribution in [1.29, 1.82) is 5.26 Å². The number of anilines is 1. The van der Waals surface area contributed by atoms with Gasteiger partial charge in [0, 0.05) is 29.2 Å². The van der Waals surface area contributed by atoms with E-state index in [2.05, 4.69) is 40.6 Å². The Kier molecular flexibility index (Phi) is 3.58. The van der Waals surface area contributed by atoms with E-state index in [-0.39, 0.29) is 5.41 Å². The second kappa shape index (κ2) is 5.15. The van der Waals surface area contributed by atoms with Gasteiger partial charge in [0.1, 0.15) is 6.07 Å². The van der Waals surface area contributed by atoms with Crippen molar-refractivity contribution in [1.82, 2.24) is 9.97 Å². The number of hydrogen-bond donors (Lipinski definition) is 1. The summed E-state index contributed by atoms with van der Waals surface area (Å²) >= 11 is 1.73. The summed E-state index contributed by atoms with van der Waals surface area (Å²) in [5.74, 6) is 0.546. The highest BCUT2D eigenvalue weighted by Gasteiger charge is 2.22. The van der Waals surface area contributed by atoms with Gasteiger partial charge in [-0.1, -0.05) is 19.9 Å². The normalized spacial score (nSPS) is 10.9. The Labute approximate surface area is 110 Å². The maximum atomic E-state index is 8.94. The summed E-state index contributed by atoms with van der Waals surface area (Å²) in [6.07, 6.45) is 3.11. The number of nitrogens with one attached hydrogen (secondary N) is 1. The molecule has 0 atom stereocenters. The molecule has 1 N–H and O–H groups in total. The van der Waals surface area contributed by atoms with Gasteiger partial charge in [-0.05, 0) is 11.4 Å². The zero-order chi connectivity index (χ0) is 13.0. The predicted molar refractivity (Wildman–Crippen MR) is 72.6 cm³/mol. The highest BCUT2D eigenvalue weighted by Crippen LogP contribution is 2.27. The zero-order valence-electron chi connectivity index (χ0n) is 10.3. The van der Waals surface area contributed by atoms with Crippen LogP contribution in [0.5, 0.6) is 0 Å². The molecule has 2 aromatic heterocycles. The van der Waals surface area contributed by atoms with Crippen molar-refractivity contribution in [2.24, 2.45) is 0 Å². The van der Waals surface area contributed by atoms with Crippen molar-refractivity contribution < 1.29 is 0 Å². The maximum absolute atomic E-state index is 8.94. The van der Waals surface area contributed by atoms with Crippen molar-refractivity contribution in [3.8, 4) is 6.07 Å². The molecule has 0 aromatic carbocycles. The first-order chi connectivity index (χ1) is 8.63. The van der Waals surface area contributed by atoms with Gasteiger partial charge >= 0.3 is 0 Å². The molecule has 0 aliphatic heterocycles. The summed E-state index contributed by atoms with van der Waals surface area (Å²) in [4.78, 5) is 9.42. The Morgan fingerprint density at radius 2 is 2.17 bits per heavy atom. The molecular formula is C13H14N4S. The average molecular weight is 258 g/mol. The zero-order valence-corrected chi connectivity index (χ0v) is 11.2. The molecule has 5 heteroatoms.